The van der Waals surface area contributed by atoms with Crippen LogP contribution in [0.1, 0.15) is 6.42 Å². The van der Waals surface area contributed by atoms with Crippen molar-refractivity contribution in [1.82, 2.24) is 0 Å². The van der Waals surface area contributed by atoms with Crippen molar-refractivity contribution in [2.45, 2.75) is 6.42 Å². The molecule has 0 saturated heterocycles. The molecule has 0 unspecified atom stereocenters. The zero-order valence-corrected chi connectivity index (χ0v) is 7.76. The van der Waals surface area contributed by atoms with Crippen LogP contribution in [0.15, 0.2) is 0 Å². The predicted octanol–water partition coefficient (Wildman–Crippen LogP) is -2.99. The lowest BCUT2D eigenvalue weighted by molar-refractivity contribution is -0.118. The number of carbonyl (C=O) groups excluding carboxylic acids is 2. The molecular formula is C3H6N2O6S2. The van der Waals surface area contributed by atoms with E-state index in [-0.39, 0.29) is 0 Å². The number of carbonyl (C=O) groups is 2. The molecule has 0 amide bonds. The van der Waals surface area contributed by atoms with Crippen LogP contribution in [0, 0.1) is 0 Å². The van der Waals surface area contributed by atoms with Crippen LogP contribution in [0.2, 0.25) is 0 Å². The summed E-state index contributed by atoms with van der Waals surface area (Å²) in [5, 5.41) is 5.23. The average Bonchev–Trinajstić information content (AvgIpc) is 1.82. The summed E-state index contributed by atoms with van der Waals surface area (Å²) in [6.07, 6.45) is -1.36. The van der Waals surface area contributed by atoms with Gasteiger partial charge in [0.25, 0.3) is 30.3 Å². The van der Waals surface area contributed by atoms with Crippen LogP contribution in [0.25, 0.3) is 0 Å². The SMILES string of the molecule is NS(=O)(=O)C(=O)CC(=O)S(N)(=O)=O. The quantitative estimate of drug-likeness (QED) is 0.482. The van der Waals surface area contributed by atoms with E-state index in [1.54, 1.807) is 0 Å². The Morgan fingerprint density at radius 1 is 0.846 bits per heavy atom. The Balaban J connectivity index is 4.72. The maximum Gasteiger partial charge on any atom is 0.272 e. The van der Waals surface area contributed by atoms with Gasteiger partial charge < -0.3 is 0 Å². The highest BCUT2D eigenvalue weighted by Crippen LogP contribution is 1.94. The molecule has 0 rings (SSSR count). The summed E-state index contributed by atoms with van der Waals surface area (Å²) in [6, 6.07) is 0. The van der Waals surface area contributed by atoms with Gasteiger partial charge >= 0.3 is 0 Å². The van der Waals surface area contributed by atoms with Gasteiger partial charge in [-0.05, 0) is 0 Å². The summed E-state index contributed by atoms with van der Waals surface area (Å²) in [6.45, 7) is 0. The molecular weight excluding hydrogens is 224 g/mol. The van der Waals surface area contributed by atoms with E-state index in [1.165, 1.54) is 0 Å². The maximum atomic E-state index is 10.5. The van der Waals surface area contributed by atoms with Crippen LogP contribution in [-0.2, 0) is 29.6 Å². The summed E-state index contributed by atoms with van der Waals surface area (Å²) in [5.74, 6) is 0. The molecule has 76 valence electrons. The topological polar surface area (TPSA) is 154 Å². The van der Waals surface area contributed by atoms with E-state index < -0.39 is 36.7 Å². The van der Waals surface area contributed by atoms with Crippen LogP contribution in [0.3, 0.4) is 0 Å². The van der Waals surface area contributed by atoms with Gasteiger partial charge in [0.05, 0.1) is 6.42 Å². The highest BCUT2D eigenvalue weighted by molar-refractivity contribution is 8.06. The molecule has 0 heterocycles. The monoisotopic (exact) mass is 230 g/mol. The number of rotatable bonds is 2. The molecule has 0 spiro atoms. The third-order valence-electron chi connectivity index (χ3n) is 0.923. The maximum absolute atomic E-state index is 10.5. The van der Waals surface area contributed by atoms with Gasteiger partial charge in [0.15, 0.2) is 0 Å². The Morgan fingerprint density at radius 3 is 1.23 bits per heavy atom. The third-order valence-corrected chi connectivity index (χ3v) is 2.48. The Bertz CT molecular complexity index is 388. The van der Waals surface area contributed by atoms with Gasteiger partial charge in [0, 0.05) is 0 Å². The van der Waals surface area contributed by atoms with Gasteiger partial charge in [-0.15, -0.1) is 0 Å². The lowest BCUT2D eigenvalue weighted by Gasteiger charge is -1.95. The fraction of sp³-hybridized carbons (Fsp3) is 0.333. The molecule has 0 aromatic heterocycles. The standard InChI is InChI=1S/C3H6N2O6S2/c4-12(8,9)2(6)1-3(7)13(5,10)11/h1H2,(H2,4,8,9)(H2,5,10,11). The van der Waals surface area contributed by atoms with Crippen molar-refractivity contribution in [2.75, 3.05) is 0 Å². The Kier molecular flexibility index (Phi) is 3.27. The van der Waals surface area contributed by atoms with E-state index in [2.05, 4.69) is 10.3 Å². The minimum Gasteiger partial charge on any atom is -0.280 e. The van der Waals surface area contributed by atoms with Crippen molar-refractivity contribution in [3.05, 3.63) is 0 Å². The molecule has 0 atom stereocenters. The van der Waals surface area contributed by atoms with Crippen LogP contribution in [0.5, 0.6) is 0 Å². The Labute approximate surface area is 74.0 Å². The van der Waals surface area contributed by atoms with E-state index in [1.807, 2.05) is 0 Å². The zero-order chi connectivity index (χ0) is 10.9. The smallest absolute Gasteiger partial charge is 0.272 e. The molecule has 0 radical (unpaired) electrons. The van der Waals surface area contributed by atoms with Gasteiger partial charge in [0.1, 0.15) is 0 Å². The van der Waals surface area contributed by atoms with E-state index in [0.717, 1.165) is 0 Å². The molecule has 10 heteroatoms. The number of primary sulfonamides is 2. The van der Waals surface area contributed by atoms with Gasteiger partial charge in [-0.2, -0.15) is 0 Å². The van der Waals surface area contributed by atoms with Crippen LogP contribution in [0.4, 0.5) is 0 Å². The first-order chi connectivity index (χ1) is 5.55. The van der Waals surface area contributed by atoms with E-state index in [9.17, 15) is 26.4 Å². The number of sulfonamides is 2. The zero-order valence-electron chi connectivity index (χ0n) is 6.13. The molecule has 8 nitrogen and oxygen atoms in total. The van der Waals surface area contributed by atoms with Crippen molar-refractivity contribution in [2.24, 2.45) is 10.3 Å². The summed E-state index contributed by atoms with van der Waals surface area (Å²) < 4.78 is 40.9. The molecule has 0 fully saturated rings. The van der Waals surface area contributed by atoms with Crippen molar-refractivity contribution >= 4 is 30.3 Å². The van der Waals surface area contributed by atoms with Crippen LogP contribution in [-0.4, -0.2) is 27.1 Å². The fourth-order valence-corrected chi connectivity index (χ4v) is 1.07. The van der Waals surface area contributed by atoms with Crippen molar-refractivity contribution in [3.63, 3.8) is 0 Å². The second-order valence-electron chi connectivity index (χ2n) is 2.01. The molecule has 0 aliphatic heterocycles. The largest absolute Gasteiger partial charge is 0.280 e. The fourth-order valence-electron chi connectivity index (χ4n) is 0.319. The second kappa shape index (κ2) is 3.49. The van der Waals surface area contributed by atoms with Crippen LogP contribution >= 0.6 is 0 Å². The van der Waals surface area contributed by atoms with Gasteiger partial charge in [-0.25, -0.2) is 27.1 Å². The van der Waals surface area contributed by atoms with Gasteiger partial charge in [0.2, 0.25) is 0 Å². The highest BCUT2D eigenvalue weighted by atomic mass is 32.2. The first kappa shape index (κ1) is 12.2. The molecule has 0 saturated carbocycles. The third kappa shape index (κ3) is 4.07. The number of nitrogens with two attached hydrogens (primary N) is 2. The normalized spacial score (nSPS) is 12.5. The minimum absolute atomic E-state index is 1.36. The summed E-state index contributed by atoms with van der Waals surface area (Å²) in [4.78, 5) is 20.9. The summed E-state index contributed by atoms with van der Waals surface area (Å²) >= 11 is 0. The molecule has 13 heavy (non-hydrogen) atoms. The molecule has 0 aliphatic carbocycles. The van der Waals surface area contributed by atoms with Gasteiger partial charge in [-0.3, -0.25) is 9.59 Å². The Morgan fingerprint density at radius 2 is 1.08 bits per heavy atom. The van der Waals surface area contributed by atoms with Crippen LogP contribution < -0.4 is 10.3 Å². The highest BCUT2D eigenvalue weighted by Gasteiger charge is 2.26. The molecule has 4 N–H and O–H groups in total. The van der Waals surface area contributed by atoms with Crippen molar-refractivity contribution in [1.29, 1.82) is 0 Å². The first-order valence-corrected chi connectivity index (χ1v) is 5.75. The predicted molar refractivity (Wildman–Crippen MR) is 40.8 cm³/mol. The van der Waals surface area contributed by atoms with E-state index in [0.29, 0.717) is 0 Å². The molecule has 0 aliphatic rings. The van der Waals surface area contributed by atoms with E-state index >= 15 is 0 Å². The minimum atomic E-state index is -4.54. The van der Waals surface area contributed by atoms with Crippen molar-refractivity contribution < 1.29 is 26.4 Å². The number of hydrogen-bond donors (Lipinski definition) is 2. The van der Waals surface area contributed by atoms with E-state index in [4.69, 9.17) is 0 Å². The molecule has 0 aromatic rings. The Hall–Kier alpha value is -0.840. The van der Waals surface area contributed by atoms with Crippen molar-refractivity contribution in [3.8, 4) is 0 Å². The average molecular weight is 230 g/mol. The second-order valence-corrected chi connectivity index (χ2v) is 5.10. The number of hydrogen-bond acceptors (Lipinski definition) is 6. The molecule has 0 aromatic carbocycles. The summed E-state index contributed by atoms with van der Waals surface area (Å²) in [5.41, 5.74) is 0. The first-order valence-electron chi connectivity index (χ1n) is 2.66. The van der Waals surface area contributed by atoms with Gasteiger partial charge in [-0.1, -0.05) is 0 Å². The molecule has 0 bridgehead atoms. The summed E-state index contributed by atoms with van der Waals surface area (Å²) in [7, 11) is -9.08. The lowest BCUT2D eigenvalue weighted by Crippen LogP contribution is -2.30. The lowest BCUT2D eigenvalue weighted by atomic mass is 10.5.